The van der Waals surface area contributed by atoms with Crippen LogP contribution in [0.4, 0.5) is 0 Å². The van der Waals surface area contributed by atoms with Gasteiger partial charge in [-0.1, -0.05) is 12.5 Å². The lowest BCUT2D eigenvalue weighted by molar-refractivity contribution is 0.134. The molecular weight excluding hydrogens is 162 g/mol. The van der Waals surface area contributed by atoms with Crippen LogP contribution >= 0.6 is 0 Å². The van der Waals surface area contributed by atoms with Gasteiger partial charge in [0.15, 0.2) is 0 Å². The summed E-state index contributed by atoms with van der Waals surface area (Å²) in [4.78, 5) is 0. The van der Waals surface area contributed by atoms with Crippen LogP contribution in [-0.2, 0) is 4.74 Å². The van der Waals surface area contributed by atoms with Crippen molar-refractivity contribution in [3.8, 4) is 0 Å². The molecule has 0 bridgehead atoms. The number of nitrogens with one attached hydrogen (secondary N) is 1. The SMILES string of the molecule is C=C(C)CCOCCCNCCC. The molecule has 0 aliphatic rings. The molecule has 0 aliphatic heterocycles. The predicted octanol–water partition coefficient (Wildman–Crippen LogP) is 2.36. The first-order chi connectivity index (χ1) is 6.27. The molecule has 0 unspecified atom stereocenters. The van der Waals surface area contributed by atoms with Gasteiger partial charge in [-0.05, 0) is 39.3 Å². The minimum absolute atomic E-state index is 0.823. The molecule has 0 aromatic rings. The third-order valence-corrected chi connectivity index (χ3v) is 1.74. The minimum atomic E-state index is 0.823. The molecular formula is C11H23NO. The van der Waals surface area contributed by atoms with Crippen LogP contribution in [0.25, 0.3) is 0 Å². The Bertz CT molecular complexity index is 123. The predicted molar refractivity (Wildman–Crippen MR) is 58.0 cm³/mol. The van der Waals surface area contributed by atoms with Crippen molar-refractivity contribution in [2.45, 2.75) is 33.1 Å². The highest BCUT2D eigenvalue weighted by molar-refractivity contribution is 4.86. The van der Waals surface area contributed by atoms with E-state index in [1.807, 2.05) is 6.92 Å². The molecule has 0 spiro atoms. The quantitative estimate of drug-likeness (QED) is 0.440. The summed E-state index contributed by atoms with van der Waals surface area (Å²) < 4.78 is 5.42. The number of hydrogen-bond acceptors (Lipinski definition) is 2. The van der Waals surface area contributed by atoms with Crippen molar-refractivity contribution in [2.24, 2.45) is 0 Å². The Morgan fingerprint density at radius 2 is 2.08 bits per heavy atom. The van der Waals surface area contributed by atoms with E-state index in [0.717, 1.165) is 39.1 Å². The number of hydrogen-bond donors (Lipinski definition) is 1. The van der Waals surface area contributed by atoms with Gasteiger partial charge in [-0.2, -0.15) is 0 Å². The van der Waals surface area contributed by atoms with Gasteiger partial charge in [-0.15, -0.1) is 6.58 Å². The van der Waals surface area contributed by atoms with Crippen LogP contribution in [-0.4, -0.2) is 26.3 Å². The Morgan fingerprint density at radius 3 is 2.69 bits per heavy atom. The van der Waals surface area contributed by atoms with E-state index in [4.69, 9.17) is 4.74 Å². The van der Waals surface area contributed by atoms with Gasteiger partial charge < -0.3 is 10.1 Å². The second-order valence-corrected chi connectivity index (χ2v) is 3.42. The Balaban J connectivity index is 2.87. The lowest BCUT2D eigenvalue weighted by atomic mass is 10.3. The van der Waals surface area contributed by atoms with Crippen molar-refractivity contribution < 1.29 is 4.74 Å². The highest BCUT2D eigenvalue weighted by atomic mass is 16.5. The average Bonchev–Trinajstić information content (AvgIpc) is 2.09. The van der Waals surface area contributed by atoms with Gasteiger partial charge in [0.2, 0.25) is 0 Å². The van der Waals surface area contributed by atoms with Crippen LogP contribution in [0.3, 0.4) is 0 Å². The smallest absolute Gasteiger partial charge is 0.0502 e. The molecule has 0 aromatic heterocycles. The standard InChI is InChI=1S/C11H23NO/c1-4-7-12-8-5-9-13-10-6-11(2)3/h12H,2,4-10H2,1,3H3. The Labute approximate surface area is 82.4 Å². The lowest BCUT2D eigenvalue weighted by Crippen LogP contribution is -2.17. The van der Waals surface area contributed by atoms with Crippen LogP contribution < -0.4 is 5.32 Å². The maximum atomic E-state index is 5.42. The van der Waals surface area contributed by atoms with Gasteiger partial charge in [0, 0.05) is 6.61 Å². The topological polar surface area (TPSA) is 21.3 Å². The number of rotatable bonds is 9. The summed E-state index contributed by atoms with van der Waals surface area (Å²) in [6.45, 7) is 11.9. The molecule has 2 heteroatoms. The van der Waals surface area contributed by atoms with E-state index in [9.17, 15) is 0 Å². The van der Waals surface area contributed by atoms with Gasteiger partial charge in [-0.25, -0.2) is 0 Å². The summed E-state index contributed by atoms with van der Waals surface area (Å²) >= 11 is 0. The summed E-state index contributed by atoms with van der Waals surface area (Å²) in [7, 11) is 0. The summed E-state index contributed by atoms with van der Waals surface area (Å²) in [5.74, 6) is 0. The van der Waals surface area contributed by atoms with E-state index in [0.29, 0.717) is 0 Å². The molecule has 0 saturated carbocycles. The van der Waals surface area contributed by atoms with Crippen LogP contribution in [0.15, 0.2) is 12.2 Å². The zero-order valence-electron chi connectivity index (χ0n) is 9.07. The Hall–Kier alpha value is -0.340. The van der Waals surface area contributed by atoms with Crippen molar-refractivity contribution >= 4 is 0 Å². The van der Waals surface area contributed by atoms with E-state index in [1.165, 1.54) is 12.0 Å². The first-order valence-electron chi connectivity index (χ1n) is 5.20. The minimum Gasteiger partial charge on any atom is -0.381 e. The maximum Gasteiger partial charge on any atom is 0.0502 e. The summed E-state index contributed by atoms with van der Waals surface area (Å²) in [5, 5.41) is 3.34. The zero-order valence-corrected chi connectivity index (χ0v) is 9.07. The normalized spacial score (nSPS) is 10.3. The van der Waals surface area contributed by atoms with Crippen molar-refractivity contribution in [2.75, 3.05) is 26.3 Å². The van der Waals surface area contributed by atoms with Crippen molar-refractivity contribution in [1.29, 1.82) is 0 Å². The lowest BCUT2D eigenvalue weighted by Gasteiger charge is -2.04. The molecule has 0 saturated heterocycles. The molecule has 13 heavy (non-hydrogen) atoms. The zero-order chi connectivity index (χ0) is 9.94. The molecule has 0 fully saturated rings. The third kappa shape index (κ3) is 11.7. The summed E-state index contributed by atoms with van der Waals surface area (Å²) in [6.07, 6.45) is 3.30. The molecule has 0 aromatic carbocycles. The molecule has 0 radical (unpaired) electrons. The molecule has 1 N–H and O–H groups in total. The molecule has 0 heterocycles. The molecule has 0 atom stereocenters. The van der Waals surface area contributed by atoms with Crippen molar-refractivity contribution in [1.82, 2.24) is 5.32 Å². The van der Waals surface area contributed by atoms with E-state index >= 15 is 0 Å². The summed E-state index contributed by atoms with van der Waals surface area (Å²) in [5.41, 5.74) is 1.20. The second-order valence-electron chi connectivity index (χ2n) is 3.42. The van der Waals surface area contributed by atoms with Gasteiger partial charge in [0.1, 0.15) is 0 Å². The van der Waals surface area contributed by atoms with Crippen LogP contribution in [0.1, 0.15) is 33.1 Å². The summed E-state index contributed by atoms with van der Waals surface area (Å²) in [6, 6.07) is 0. The molecule has 78 valence electrons. The first kappa shape index (κ1) is 12.7. The molecule has 2 nitrogen and oxygen atoms in total. The van der Waals surface area contributed by atoms with Gasteiger partial charge in [0.25, 0.3) is 0 Å². The van der Waals surface area contributed by atoms with Crippen molar-refractivity contribution in [3.05, 3.63) is 12.2 Å². The van der Waals surface area contributed by atoms with Gasteiger partial charge in [0.05, 0.1) is 6.61 Å². The Morgan fingerprint density at radius 1 is 1.31 bits per heavy atom. The second kappa shape index (κ2) is 9.75. The highest BCUT2D eigenvalue weighted by Gasteiger charge is 1.89. The van der Waals surface area contributed by atoms with Crippen LogP contribution in [0, 0.1) is 0 Å². The van der Waals surface area contributed by atoms with E-state index in [1.54, 1.807) is 0 Å². The fourth-order valence-electron chi connectivity index (χ4n) is 0.949. The maximum absolute atomic E-state index is 5.42. The average molecular weight is 185 g/mol. The Kier molecular flexibility index (Phi) is 9.49. The van der Waals surface area contributed by atoms with Crippen LogP contribution in [0.5, 0.6) is 0 Å². The molecule has 0 aliphatic carbocycles. The molecule has 0 rings (SSSR count). The van der Waals surface area contributed by atoms with Crippen molar-refractivity contribution in [3.63, 3.8) is 0 Å². The van der Waals surface area contributed by atoms with E-state index < -0.39 is 0 Å². The highest BCUT2D eigenvalue weighted by Crippen LogP contribution is 1.95. The van der Waals surface area contributed by atoms with E-state index in [2.05, 4.69) is 18.8 Å². The largest absolute Gasteiger partial charge is 0.381 e. The fraction of sp³-hybridized carbons (Fsp3) is 0.818. The number of ether oxygens (including phenoxy) is 1. The van der Waals surface area contributed by atoms with E-state index in [-0.39, 0.29) is 0 Å². The van der Waals surface area contributed by atoms with Gasteiger partial charge >= 0.3 is 0 Å². The third-order valence-electron chi connectivity index (χ3n) is 1.74. The molecule has 0 amide bonds. The first-order valence-corrected chi connectivity index (χ1v) is 5.20. The van der Waals surface area contributed by atoms with Crippen LogP contribution in [0.2, 0.25) is 0 Å². The van der Waals surface area contributed by atoms with Gasteiger partial charge in [-0.3, -0.25) is 0 Å². The monoisotopic (exact) mass is 185 g/mol. The fourth-order valence-corrected chi connectivity index (χ4v) is 0.949.